The van der Waals surface area contributed by atoms with E-state index in [9.17, 15) is 9.59 Å². The molecule has 1 heterocycles. The van der Waals surface area contributed by atoms with Gasteiger partial charge in [-0.3, -0.25) is 9.59 Å². The van der Waals surface area contributed by atoms with Gasteiger partial charge in [0.1, 0.15) is 0 Å². The number of hydrogen-bond acceptors (Lipinski definition) is 3. The predicted molar refractivity (Wildman–Crippen MR) is 93.0 cm³/mol. The van der Waals surface area contributed by atoms with Crippen LogP contribution in [-0.2, 0) is 4.79 Å². The number of rotatable bonds is 4. The van der Waals surface area contributed by atoms with Crippen molar-refractivity contribution in [2.24, 2.45) is 5.92 Å². The van der Waals surface area contributed by atoms with Crippen molar-refractivity contribution in [3.63, 3.8) is 0 Å². The second-order valence-electron chi connectivity index (χ2n) is 6.29. The summed E-state index contributed by atoms with van der Waals surface area (Å²) in [6.07, 6.45) is 6.91. The lowest BCUT2D eigenvalue weighted by Gasteiger charge is -2.21. The fourth-order valence-electron chi connectivity index (χ4n) is 3.08. The highest BCUT2D eigenvalue weighted by Crippen LogP contribution is 2.26. The first kappa shape index (κ1) is 16.3. The number of amides is 2. The quantitative estimate of drug-likeness (QED) is 0.877. The second kappa shape index (κ2) is 7.34. The van der Waals surface area contributed by atoms with Gasteiger partial charge in [-0.1, -0.05) is 19.3 Å². The highest BCUT2D eigenvalue weighted by atomic mass is 16.3. The van der Waals surface area contributed by atoms with Crippen LogP contribution in [0.15, 0.2) is 41.0 Å². The molecule has 0 unspecified atom stereocenters. The van der Waals surface area contributed by atoms with Gasteiger partial charge in [-0.05, 0) is 55.7 Å². The Hall–Kier alpha value is -2.56. The first-order valence-corrected chi connectivity index (χ1v) is 8.40. The Morgan fingerprint density at radius 3 is 2.54 bits per heavy atom. The molecule has 2 amide bonds. The van der Waals surface area contributed by atoms with Crippen molar-refractivity contribution in [2.45, 2.75) is 39.0 Å². The number of benzene rings is 1. The maximum Gasteiger partial charge on any atom is 0.291 e. The van der Waals surface area contributed by atoms with Crippen LogP contribution in [0.3, 0.4) is 0 Å². The van der Waals surface area contributed by atoms with Crippen molar-refractivity contribution in [1.82, 2.24) is 0 Å². The first-order chi connectivity index (χ1) is 11.6. The molecule has 5 heteroatoms. The van der Waals surface area contributed by atoms with Gasteiger partial charge < -0.3 is 15.1 Å². The summed E-state index contributed by atoms with van der Waals surface area (Å²) >= 11 is 0. The number of furan rings is 1. The van der Waals surface area contributed by atoms with Crippen LogP contribution >= 0.6 is 0 Å². The van der Waals surface area contributed by atoms with Gasteiger partial charge in [0.25, 0.3) is 5.91 Å². The molecule has 1 aromatic heterocycles. The zero-order chi connectivity index (χ0) is 16.9. The fourth-order valence-corrected chi connectivity index (χ4v) is 3.08. The average molecular weight is 326 g/mol. The van der Waals surface area contributed by atoms with E-state index in [0.29, 0.717) is 5.69 Å². The van der Waals surface area contributed by atoms with Crippen LogP contribution in [-0.4, -0.2) is 11.8 Å². The SMILES string of the molecule is Cc1cc(NC(=O)c2ccco2)ccc1NC(=O)C1CCCCC1. The van der Waals surface area contributed by atoms with Gasteiger partial charge in [-0.25, -0.2) is 0 Å². The van der Waals surface area contributed by atoms with E-state index in [2.05, 4.69) is 10.6 Å². The lowest BCUT2D eigenvalue weighted by molar-refractivity contribution is -0.120. The summed E-state index contributed by atoms with van der Waals surface area (Å²) in [6.45, 7) is 1.92. The van der Waals surface area contributed by atoms with E-state index < -0.39 is 0 Å². The maximum atomic E-state index is 12.3. The van der Waals surface area contributed by atoms with Crippen LogP contribution in [0.2, 0.25) is 0 Å². The van der Waals surface area contributed by atoms with Crippen LogP contribution in [0.4, 0.5) is 11.4 Å². The van der Waals surface area contributed by atoms with Crippen LogP contribution in [0, 0.1) is 12.8 Å². The molecule has 24 heavy (non-hydrogen) atoms. The van der Waals surface area contributed by atoms with Gasteiger partial charge in [0.15, 0.2) is 5.76 Å². The van der Waals surface area contributed by atoms with E-state index in [1.165, 1.54) is 12.7 Å². The molecule has 1 fully saturated rings. The molecular formula is C19H22N2O3. The normalized spacial score (nSPS) is 15.0. The Morgan fingerprint density at radius 2 is 1.88 bits per heavy atom. The predicted octanol–water partition coefficient (Wildman–Crippen LogP) is 4.36. The Bertz CT molecular complexity index is 716. The van der Waals surface area contributed by atoms with Gasteiger partial charge >= 0.3 is 0 Å². The van der Waals surface area contributed by atoms with Crippen LogP contribution in [0.5, 0.6) is 0 Å². The smallest absolute Gasteiger partial charge is 0.291 e. The molecule has 1 aliphatic carbocycles. The van der Waals surface area contributed by atoms with Gasteiger partial charge in [-0.2, -0.15) is 0 Å². The monoisotopic (exact) mass is 326 g/mol. The van der Waals surface area contributed by atoms with Crippen molar-refractivity contribution < 1.29 is 14.0 Å². The summed E-state index contributed by atoms with van der Waals surface area (Å²) in [4.78, 5) is 24.3. The maximum absolute atomic E-state index is 12.3. The summed E-state index contributed by atoms with van der Waals surface area (Å²) in [6, 6.07) is 8.74. The van der Waals surface area contributed by atoms with E-state index >= 15 is 0 Å². The molecular weight excluding hydrogens is 304 g/mol. The third-order valence-corrected chi connectivity index (χ3v) is 4.46. The molecule has 3 rings (SSSR count). The van der Waals surface area contributed by atoms with E-state index in [1.807, 2.05) is 19.1 Å². The summed E-state index contributed by atoms with van der Waals surface area (Å²) in [5.41, 5.74) is 2.38. The van der Waals surface area contributed by atoms with Gasteiger partial charge in [-0.15, -0.1) is 0 Å². The van der Waals surface area contributed by atoms with E-state index in [1.54, 1.807) is 18.2 Å². The number of hydrogen-bond donors (Lipinski definition) is 2. The van der Waals surface area contributed by atoms with Crippen molar-refractivity contribution in [3.8, 4) is 0 Å². The van der Waals surface area contributed by atoms with Crippen molar-refractivity contribution in [3.05, 3.63) is 47.9 Å². The number of carbonyl (C=O) groups is 2. The lowest BCUT2D eigenvalue weighted by Crippen LogP contribution is -2.25. The first-order valence-electron chi connectivity index (χ1n) is 8.40. The molecule has 126 valence electrons. The minimum atomic E-state index is -0.293. The van der Waals surface area contributed by atoms with E-state index in [4.69, 9.17) is 4.42 Å². The average Bonchev–Trinajstić information content (AvgIpc) is 3.13. The minimum Gasteiger partial charge on any atom is -0.459 e. The number of aryl methyl sites for hydroxylation is 1. The fraction of sp³-hybridized carbons (Fsp3) is 0.368. The van der Waals surface area contributed by atoms with Crippen molar-refractivity contribution in [1.29, 1.82) is 0 Å². The molecule has 0 atom stereocenters. The van der Waals surface area contributed by atoms with Crippen LogP contribution in [0.25, 0.3) is 0 Å². The molecule has 0 aliphatic heterocycles. The standard InChI is InChI=1S/C19H22N2O3/c1-13-12-15(20-19(23)17-8-5-11-24-17)9-10-16(13)21-18(22)14-6-3-2-4-7-14/h5,8-12,14H,2-4,6-7H2,1H3,(H,20,23)(H,21,22). The topological polar surface area (TPSA) is 71.3 Å². The number of anilines is 2. The summed E-state index contributed by atoms with van der Waals surface area (Å²) < 4.78 is 5.07. The highest BCUT2D eigenvalue weighted by molar-refractivity contribution is 6.02. The lowest BCUT2D eigenvalue weighted by atomic mass is 9.88. The Morgan fingerprint density at radius 1 is 1.08 bits per heavy atom. The van der Waals surface area contributed by atoms with E-state index in [0.717, 1.165) is 36.9 Å². The Kier molecular flexibility index (Phi) is 4.99. The summed E-state index contributed by atoms with van der Waals surface area (Å²) in [7, 11) is 0. The number of carbonyl (C=O) groups excluding carboxylic acids is 2. The van der Waals surface area contributed by atoms with Crippen LogP contribution < -0.4 is 10.6 Å². The van der Waals surface area contributed by atoms with Crippen molar-refractivity contribution in [2.75, 3.05) is 10.6 Å². The Labute approximate surface area is 141 Å². The molecule has 2 aromatic rings. The molecule has 0 saturated heterocycles. The molecule has 0 radical (unpaired) electrons. The van der Waals surface area contributed by atoms with Crippen molar-refractivity contribution >= 4 is 23.2 Å². The molecule has 1 aliphatic rings. The summed E-state index contributed by atoms with van der Waals surface area (Å²) in [5, 5.41) is 5.80. The van der Waals surface area contributed by atoms with Gasteiger partial charge in [0, 0.05) is 17.3 Å². The zero-order valence-electron chi connectivity index (χ0n) is 13.8. The Balaban J connectivity index is 1.64. The molecule has 0 spiro atoms. The molecule has 5 nitrogen and oxygen atoms in total. The summed E-state index contributed by atoms with van der Waals surface area (Å²) in [5.74, 6) is 0.197. The third kappa shape index (κ3) is 3.85. The largest absolute Gasteiger partial charge is 0.459 e. The number of nitrogens with one attached hydrogen (secondary N) is 2. The minimum absolute atomic E-state index is 0.102. The second-order valence-corrected chi connectivity index (χ2v) is 6.29. The molecule has 0 bridgehead atoms. The van der Waals surface area contributed by atoms with Crippen LogP contribution in [0.1, 0.15) is 48.2 Å². The molecule has 1 saturated carbocycles. The third-order valence-electron chi connectivity index (χ3n) is 4.46. The highest BCUT2D eigenvalue weighted by Gasteiger charge is 2.21. The molecule has 1 aromatic carbocycles. The molecule has 2 N–H and O–H groups in total. The zero-order valence-corrected chi connectivity index (χ0v) is 13.8. The van der Waals surface area contributed by atoms with Gasteiger partial charge in [0.2, 0.25) is 5.91 Å². The van der Waals surface area contributed by atoms with Gasteiger partial charge in [0.05, 0.1) is 6.26 Å². The van der Waals surface area contributed by atoms with E-state index in [-0.39, 0.29) is 23.5 Å².